The van der Waals surface area contributed by atoms with Gasteiger partial charge in [-0.05, 0) is 63.6 Å². The van der Waals surface area contributed by atoms with E-state index in [2.05, 4.69) is 22.5 Å². The van der Waals surface area contributed by atoms with Gasteiger partial charge in [0.05, 0.1) is 6.54 Å². The van der Waals surface area contributed by atoms with Gasteiger partial charge in [-0.15, -0.1) is 0 Å². The summed E-state index contributed by atoms with van der Waals surface area (Å²) in [7, 11) is 0. The van der Waals surface area contributed by atoms with E-state index in [1.165, 1.54) is 0 Å². The summed E-state index contributed by atoms with van der Waals surface area (Å²) < 4.78 is 0. The predicted molar refractivity (Wildman–Crippen MR) is 116 cm³/mol. The van der Waals surface area contributed by atoms with Gasteiger partial charge in [0.2, 0.25) is 17.8 Å². The number of nitrogens with one attached hydrogen (secondary N) is 2. The van der Waals surface area contributed by atoms with Crippen LogP contribution in [-0.4, -0.2) is 59.3 Å². The summed E-state index contributed by atoms with van der Waals surface area (Å²) in [6.45, 7) is 5.45. The number of hydrogen-bond donors (Lipinski definition) is 2. The highest BCUT2D eigenvalue weighted by Crippen LogP contribution is 2.19. The molecule has 0 radical (unpaired) electrons. The quantitative estimate of drug-likeness (QED) is 0.343. The second kappa shape index (κ2) is 10.1. The van der Waals surface area contributed by atoms with Crippen molar-refractivity contribution < 1.29 is 9.59 Å². The Morgan fingerprint density at radius 1 is 1.27 bits per heavy atom. The lowest BCUT2D eigenvalue weighted by molar-refractivity contribution is -0.141. The van der Waals surface area contributed by atoms with Gasteiger partial charge in [-0.1, -0.05) is 12.1 Å². The van der Waals surface area contributed by atoms with Gasteiger partial charge in [0.25, 0.3) is 0 Å². The molecule has 0 aromatic heterocycles. The molecule has 8 nitrogen and oxygen atoms in total. The molecule has 2 aliphatic rings. The molecule has 2 aliphatic heterocycles. The minimum Gasteiger partial charge on any atom is -0.338 e. The Morgan fingerprint density at radius 2 is 2.10 bits per heavy atom. The third-order valence-electron chi connectivity index (χ3n) is 5.69. The van der Waals surface area contributed by atoms with Crippen LogP contribution < -0.4 is 10.6 Å². The minimum atomic E-state index is -0.621. The monoisotopic (exact) mass is 410 g/mol. The molecule has 0 spiro atoms. The van der Waals surface area contributed by atoms with Crippen LogP contribution in [0.2, 0.25) is 0 Å². The second-order valence-corrected chi connectivity index (χ2v) is 8.06. The molecule has 3 rings (SSSR count). The lowest BCUT2D eigenvalue weighted by Gasteiger charge is -2.27. The largest absolute Gasteiger partial charge is 0.338 e. The molecule has 2 fully saturated rings. The van der Waals surface area contributed by atoms with Crippen LogP contribution in [0.5, 0.6) is 0 Å². The average Bonchev–Trinajstić information content (AvgIpc) is 3.07. The minimum absolute atomic E-state index is 0.00578. The van der Waals surface area contributed by atoms with E-state index in [1.54, 1.807) is 4.90 Å². The van der Waals surface area contributed by atoms with Gasteiger partial charge in [0.15, 0.2) is 6.19 Å². The zero-order chi connectivity index (χ0) is 21.5. The van der Waals surface area contributed by atoms with Crippen molar-refractivity contribution >= 4 is 23.5 Å². The Balaban J connectivity index is 1.72. The van der Waals surface area contributed by atoms with Gasteiger partial charge < -0.3 is 15.1 Å². The van der Waals surface area contributed by atoms with Crippen LogP contribution in [0.4, 0.5) is 5.69 Å². The maximum atomic E-state index is 13.1. The van der Waals surface area contributed by atoms with Crippen molar-refractivity contribution in [2.45, 2.75) is 58.0 Å². The molecule has 2 saturated heterocycles. The van der Waals surface area contributed by atoms with E-state index in [1.807, 2.05) is 42.3 Å². The van der Waals surface area contributed by atoms with Gasteiger partial charge in [0.1, 0.15) is 6.04 Å². The first-order valence-electron chi connectivity index (χ1n) is 10.6. The smallest absolute Gasteiger partial charge is 0.247 e. The summed E-state index contributed by atoms with van der Waals surface area (Å²) in [5.41, 5.74) is 1.86. The summed E-state index contributed by atoms with van der Waals surface area (Å²) >= 11 is 0. The van der Waals surface area contributed by atoms with E-state index < -0.39 is 6.04 Å². The summed E-state index contributed by atoms with van der Waals surface area (Å²) in [5.74, 6) is 0.0880. The number of nitriles is 1. The molecule has 0 bridgehead atoms. The predicted octanol–water partition coefficient (Wildman–Crippen LogP) is 2.23. The van der Waals surface area contributed by atoms with E-state index in [9.17, 15) is 9.59 Å². The van der Waals surface area contributed by atoms with Crippen LogP contribution in [0.3, 0.4) is 0 Å². The molecule has 2 amide bonds. The lowest BCUT2D eigenvalue weighted by atomic mass is 10.1. The summed E-state index contributed by atoms with van der Waals surface area (Å²) in [5, 5.41) is 14.7. The molecule has 1 aromatic rings. The summed E-state index contributed by atoms with van der Waals surface area (Å²) in [6.07, 6.45) is 6.18. The Bertz CT molecular complexity index is 846. The topological polar surface area (TPSA) is 101 Å². The van der Waals surface area contributed by atoms with Crippen molar-refractivity contribution in [1.29, 1.82) is 5.26 Å². The fraction of sp³-hybridized carbons (Fsp3) is 0.545. The van der Waals surface area contributed by atoms with Gasteiger partial charge >= 0.3 is 0 Å². The number of benzene rings is 1. The van der Waals surface area contributed by atoms with E-state index in [4.69, 9.17) is 5.26 Å². The Labute approximate surface area is 177 Å². The highest BCUT2D eigenvalue weighted by molar-refractivity contribution is 5.97. The summed E-state index contributed by atoms with van der Waals surface area (Å²) in [6, 6.07) is 7.31. The fourth-order valence-corrected chi connectivity index (χ4v) is 4.08. The number of aliphatic imine (C=N–C) groups is 1. The number of carbonyl (C=O) groups is 2. The van der Waals surface area contributed by atoms with Crippen molar-refractivity contribution in [3.8, 4) is 6.19 Å². The number of nitrogens with zero attached hydrogens (tertiary/aromatic N) is 4. The number of hydrogen-bond acceptors (Lipinski definition) is 4. The molecule has 2 heterocycles. The molecule has 160 valence electrons. The van der Waals surface area contributed by atoms with E-state index in [-0.39, 0.29) is 30.4 Å². The Kier molecular flexibility index (Phi) is 7.28. The number of likely N-dealkylation sites (tertiary alicyclic amines) is 2. The maximum Gasteiger partial charge on any atom is 0.247 e. The van der Waals surface area contributed by atoms with E-state index in [0.717, 1.165) is 43.5 Å². The Hall–Kier alpha value is -3.08. The third-order valence-corrected chi connectivity index (χ3v) is 5.69. The van der Waals surface area contributed by atoms with Crippen molar-refractivity contribution in [3.05, 3.63) is 29.8 Å². The number of rotatable bonds is 4. The van der Waals surface area contributed by atoms with Crippen molar-refractivity contribution in [2.75, 3.05) is 25.0 Å². The highest BCUT2D eigenvalue weighted by atomic mass is 16.2. The molecular weight excluding hydrogens is 380 g/mol. The molecule has 0 aliphatic carbocycles. The van der Waals surface area contributed by atoms with Gasteiger partial charge in [-0.2, -0.15) is 5.26 Å². The van der Waals surface area contributed by atoms with Crippen LogP contribution in [0.25, 0.3) is 0 Å². The standard InChI is InChI=1S/C22H30N6O2/c1-16-7-5-9-18(13-16)25-22(24-15-23)26-19-10-3-4-11-27(21(19)30)14-20(29)28-12-6-8-17(28)2/h5,7,9,13,17,19H,3-4,6,8,10-12,14H2,1-2H3,(H2,24,25,26). The van der Waals surface area contributed by atoms with Crippen molar-refractivity contribution in [3.63, 3.8) is 0 Å². The number of carbonyl (C=O) groups excluding carboxylic acids is 2. The zero-order valence-electron chi connectivity index (χ0n) is 17.7. The third kappa shape index (κ3) is 5.50. The first-order valence-corrected chi connectivity index (χ1v) is 10.6. The molecule has 2 atom stereocenters. The number of aryl methyl sites for hydroxylation is 1. The SMILES string of the molecule is Cc1cccc(NC(=NC2CCCCN(CC(=O)N3CCCC3C)C2=O)NC#N)c1. The summed E-state index contributed by atoms with van der Waals surface area (Å²) in [4.78, 5) is 33.9. The molecule has 2 unspecified atom stereocenters. The first-order chi connectivity index (χ1) is 14.5. The fourth-order valence-electron chi connectivity index (χ4n) is 4.08. The van der Waals surface area contributed by atoms with Crippen LogP contribution in [0, 0.1) is 18.4 Å². The van der Waals surface area contributed by atoms with Crippen LogP contribution >= 0.6 is 0 Å². The van der Waals surface area contributed by atoms with Crippen LogP contribution in [0.1, 0.15) is 44.6 Å². The van der Waals surface area contributed by atoms with E-state index >= 15 is 0 Å². The number of amides is 2. The molecule has 0 saturated carbocycles. The molecule has 30 heavy (non-hydrogen) atoms. The average molecular weight is 411 g/mol. The highest BCUT2D eigenvalue weighted by Gasteiger charge is 2.32. The van der Waals surface area contributed by atoms with E-state index in [0.29, 0.717) is 13.0 Å². The van der Waals surface area contributed by atoms with Gasteiger partial charge in [-0.25, -0.2) is 4.99 Å². The molecule has 2 N–H and O–H groups in total. The van der Waals surface area contributed by atoms with Crippen molar-refractivity contribution in [2.24, 2.45) is 4.99 Å². The normalized spacial score (nSPS) is 22.4. The second-order valence-electron chi connectivity index (χ2n) is 8.06. The van der Waals surface area contributed by atoms with Crippen LogP contribution in [-0.2, 0) is 9.59 Å². The van der Waals surface area contributed by atoms with Crippen molar-refractivity contribution in [1.82, 2.24) is 15.1 Å². The number of anilines is 1. The molecule has 1 aromatic carbocycles. The zero-order valence-corrected chi connectivity index (χ0v) is 17.7. The Morgan fingerprint density at radius 3 is 2.80 bits per heavy atom. The lowest BCUT2D eigenvalue weighted by Crippen LogP contribution is -2.46. The first kappa shape index (κ1) is 21.6. The molecular formula is C22H30N6O2. The van der Waals surface area contributed by atoms with Gasteiger partial charge in [0, 0.05) is 24.8 Å². The molecule has 8 heteroatoms. The van der Waals surface area contributed by atoms with Crippen LogP contribution in [0.15, 0.2) is 29.3 Å². The number of guanidine groups is 1. The van der Waals surface area contributed by atoms with Gasteiger partial charge in [-0.3, -0.25) is 14.9 Å². The maximum absolute atomic E-state index is 13.1.